The van der Waals surface area contributed by atoms with Gasteiger partial charge in [0.25, 0.3) is 5.56 Å². The van der Waals surface area contributed by atoms with Crippen LogP contribution in [0.4, 0.5) is 22.2 Å². The lowest BCUT2D eigenvalue weighted by Gasteiger charge is -2.14. The Bertz CT molecular complexity index is 1730. The third-order valence-corrected chi connectivity index (χ3v) is 6.32. The Kier molecular flexibility index (Phi) is 6.61. The van der Waals surface area contributed by atoms with E-state index < -0.39 is 6.03 Å². The van der Waals surface area contributed by atoms with Crippen molar-refractivity contribution < 1.29 is 4.79 Å². The van der Waals surface area contributed by atoms with Gasteiger partial charge in [-0.25, -0.2) is 14.5 Å². The van der Waals surface area contributed by atoms with Crippen LogP contribution in [0.15, 0.2) is 77.7 Å². The number of nitrogens with one attached hydrogen (secondary N) is 3. The molecule has 39 heavy (non-hydrogen) atoms. The van der Waals surface area contributed by atoms with Gasteiger partial charge < -0.3 is 10.6 Å². The maximum atomic E-state index is 13.2. The molecular formula is C29H30N8O2. The summed E-state index contributed by atoms with van der Waals surface area (Å²) in [7, 11) is 3.40. The number of para-hydroxylation sites is 1. The van der Waals surface area contributed by atoms with Crippen molar-refractivity contribution in [1.29, 1.82) is 0 Å². The van der Waals surface area contributed by atoms with E-state index in [1.54, 1.807) is 49.2 Å². The molecule has 0 saturated carbocycles. The molecule has 0 spiro atoms. The molecule has 2 amide bonds. The summed E-state index contributed by atoms with van der Waals surface area (Å²) in [5.41, 5.74) is 3.49. The largest absolute Gasteiger partial charge is 0.357 e. The van der Waals surface area contributed by atoms with Gasteiger partial charge in [-0.1, -0.05) is 51.1 Å². The minimum absolute atomic E-state index is 0.201. The fourth-order valence-corrected chi connectivity index (χ4v) is 4.22. The van der Waals surface area contributed by atoms with E-state index in [-0.39, 0.29) is 11.0 Å². The average Bonchev–Trinajstić information content (AvgIpc) is 3.35. The lowest BCUT2D eigenvalue weighted by molar-refractivity contribution is 0.262. The van der Waals surface area contributed by atoms with E-state index in [9.17, 15) is 9.59 Å². The summed E-state index contributed by atoms with van der Waals surface area (Å²) in [5, 5.41) is 14.2. The molecular weight excluding hydrogens is 492 g/mol. The van der Waals surface area contributed by atoms with Crippen molar-refractivity contribution in [2.45, 2.75) is 26.2 Å². The van der Waals surface area contributed by atoms with Crippen LogP contribution in [0, 0.1) is 0 Å². The molecule has 0 radical (unpaired) electrons. The predicted octanol–water partition coefficient (Wildman–Crippen LogP) is 5.16. The fraction of sp³-hybridized carbons (Fsp3) is 0.207. The van der Waals surface area contributed by atoms with E-state index in [2.05, 4.69) is 46.7 Å². The number of aryl methyl sites for hydroxylation is 1. The number of carbonyl (C=O) groups is 1. The number of hydrogen-bond donors (Lipinski definition) is 3. The summed E-state index contributed by atoms with van der Waals surface area (Å²) in [6.45, 7) is 6.22. The molecule has 0 saturated heterocycles. The first kappa shape index (κ1) is 25.7. The standard InChI is InChI=1S/C29H30N8O2/c1-29(2,3)23-16-24(37(35-23)21-12-7-6-8-13-21)33-28(39)32-20-11-9-10-18(14-20)22-15-19-17-31-27(30-4)34-25(19)36(5)26(22)38/h6-17H,1-5H3,(H,30,31,34)(H2,32,33,39). The minimum atomic E-state index is -0.427. The third kappa shape index (κ3) is 5.22. The highest BCUT2D eigenvalue weighted by Crippen LogP contribution is 2.27. The number of hydrogen-bond acceptors (Lipinski definition) is 6. The number of nitrogens with zero attached hydrogens (tertiary/aromatic N) is 5. The van der Waals surface area contributed by atoms with Crippen molar-refractivity contribution in [2.24, 2.45) is 7.05 Å². The van der Waals surface area contributed by atoms with Gasteiger partial charge in [0.2, 0.25) is 5.95 Å². The molecule has 3 heterocycles. The number of amides is 2. The zero-order chi connectivity index (χ0) is 27.7. The first-order valence-corrected chi connectivity index (χ1v) is 12.5. The van der Waals surface area contributed by atoms with E-state index in [0.717, 1.165) is 16.8 Å². The Labute approximate surface area is 225 Å². The molecule has 0 unspecified atom stereocenters. The number of carbonyl (C=O) groups excluding carboxylic acids is 1. The molecule has 2 aromatic carbocycles. The van der Waals surface area contributed by atoms with E-state index in [1.807, 2.05) is 42.5 Å². The first-order chi connectivity index (χ1) is 18.6. The van der Waals surface area contributed by atoms with E-state index in [0.29, 0.717) is 34.2 Å². The van der Waals surface area contributed by atoms with Crippen molar-refractivity contribution in [1.82, 2.24) is 24.3 Å². The molecule has 3 aromatic heterocycles. The van der Waals surface area contributed by atoms with Crippen molar-refractivity contribution >= 4 is 34.5 Å². The van der Waals surface area contributed by atoms with Gasteiger partial charge in [-0.2, -0.15) is 10.1 Å². The molecule has 0 aliphatic carbocycles. The quantitative estimate of drug-likeness (QED) is 0.293. The monoisotopic (exact) mass is 522 g/mol. The topological polar surface area (TPSA) is 119 Å². The van der Waals surface area contributed by atoms with Crippen molar-refractivity contribution in [2.75, 3.05) is 23.0 Å². The molecule has 3 N–H and O–H groups in total. The lowest BCUT2D eigenvalue weighted by atomic mass is 9.92. The van der Waals surface area contributed by atoms with E-state index in [4.69, 9.17) is 5.10 Å². The van der Waals surface area contributed by atoms with Crippen LogP contribution >= 0.6 is 0 Å². The average molecular weight is 523 g/mol. The van der Waals surface area contributed by atoms with Crippen LogP contribution in [0.3, 0.4) is 0 Å². The maximum Gasteiger partial charge on any atom is 0.324 e. The van der Waals surface area contributed by atoms with Gasteiger partial charge in [0.05, 0.1) is 11.4 Å². The number of pyridine rings is 1. The summed E-state index contributed by atoms with van der Waals surface area (Å²) < 4.78 is 3.22. The predicted molar refractivity (Wildman–Crippen MR) is 155 cm³/mol. The molecule has 5 rings (SSSR count). The zero-order valence-corrected chi connectivity index (χ0v) is 22.5. The van der Waals surface area contributed by atoms with Gasteiger partial charge in [0, 0.05) is 48.4 Å². The van der Waals surface area contributed by atoms with Gasteiger partial charge in [-0.3, -0.25) is 14.7 Å². The molecule has 5 aromatic rings. The zero-order valence-electron chi connectivity index (χ0n) is 22.5. The molecule has 0 aliphatic rings. The molecule has 0 bridgehead atoms. The summed E-state index contributed by atoms with van der Waals surface area (Å²) in [4.78, 5) is 34.9. The smallest absolute Gasteiger partial charge is 0.324 e. The highest BCUT2D eigenvalue weighted by Gasteiger charge is 2.21. The van der Waals surface area contributed by atoms with Gasteiger partial charge in [0.15, 0.2) is 0 Å². The van der Waals surface area contributed by atoms with Crippen LogP contribution in [0.25, 0.3) is 27.8 Å². The summed E-state index contributed by atoms with van der Waals surface area (Å²) in [6, 6.07) is 20.0. The second-order valence-electron chi connectivity index (χ2n) is 10.2. The highest BCUT2D eigenvalue weighted by molar-refractivity contribution is 6.00. The molecule has 10 heteroatoms. The Hall–Kier alpha value is -4.99. The summed E-state index contributed by atoms with van der Waals surface area (Å²) in [6.07, 6.45) is 1.67. The summed E-state index contributed by atoms with van der Waals surface area (Å²) in [5.74, 6) is 0.981. The van der Waals surface area contributed by atoms with Gasteiger partial charge in [-0.15, -0.1) is 0 Å². The fourth-order valence-electron chi connectivity index (χ4n) is 4.22. The number of benzene rings is 2. The van der Waals surface area contributed by atoms with E-state index >= 15 is 0 Å². The first-order valence-electron chi connectivity index (χ1n) is 12.5. The maximum absolute atomic E-state index is 13.2. The van der Waals surface area contributed by atoms with Gasteiger partial charge in [0.1, 0.15) is 11.5 Å². The van der Waals surface area contributed by atoms with Crippen molar-refractivity contribution in [3.05, 3.63) is 89.0 Å². The van der Waals surface area contributed by atoms with Crippen LogP contribution in [0.2, 0.25) is 0 Å². The number of urea groups is 1. The molecule has 0 fully saturated rings. The second-order valence-corrected chi connectivity index (χ2v) is 10.2. The molecule has 10 nitrogen and oxygen atoms in total. The van der Waals surface area contributed by atoms with Crippen LogP contribution in [0.5, 0.6) is 0 Å². The van der Waals surface area contributed by atoms with Crippen LogP contribution < -0.4 is 21.5 Å². The Balaban J connectivity index is 1.43. The number of fused-ring (bicyclic) bond motifs is 1. The van der Waals surface area contributed by atoms with Gasteiger partial charge >= 0.3 is 6.03 Å². The Morgan fingerprint density at radius 1 is 0.949 bits per heavy atom. The number of aromatic nitrogens is 5. The Morgan fingerprint density at radius 3 is 2.44 bits per heavy atom. The van der Waals surface area contributed by atoms with Crippen LogP contribution in [-0.4, -0.2) is 37.4 Å². The van der Waals surface area contributed by atoms with Crippen molar-refractivity contribution in [3.8, 4) is 16.8 Å². The SMILES string of the molecule is CNc1ncc2cc(-c3cccc(NC(=O)Nc4cc(C(C)(C)C)nn4-c4ccccc4)c3)c(=O)n(C)c2n1. The van der Waals surface area contributed by atoms with Crippen LogP contribution in [-0.2, 0) is 12.5 Å². The normalized spacial score (nSPS) is 11.4. The van der Waals surface area contributed by atoms with Crippen molar-refractivity contribution in [3.63, 3.8) is 0 Å². The number of anilines is 3. The molecule has 0 aliphatic heterocycles. The highest BCUT2D eigenvalue weighted by atomic mass is 16.2. The third-order valence-electron chi connectivity index (χ3n) is 6.32. The Morgan fingerprint density at radius 2 is 1.72 bits per heavy atom. The lowest BCUT2D eigenvalue weighted by Crippen LogP contribution is -2.22. The summed E-state index contributed by atoms with van der Waals surface area (Å²) >= 11 is 0. The van der Waals surface area contributed by atoms with Gasteiger partial charge in [-0.05, 0) is 35.9 Å². The number of rotatable bonds is 5. The second kappa shape index (κ2) is 10.1. The van der Waals surface area contributed by atoms with Crippen LogP contribution in [0.1, 0.15) is 26.5 Å². The molecule has 198 valence electrons. The van der Waals surface area contributed by atoms with E-state index in [1.165, 1.54) is 4.57 Å². The minimum Gasteiger partial charge on any atom is -0.357 e. The molecule has 0 atom stereocenters.